The van der Waals surface area contributed by atoms with Crippen molar-refractivity contribution in [3.8, 4) is 17.0 Å². The third-order valence-corrected chi connectivity index (χ3v) is 4.25. The molecule has 0 aliphatic rings. The van der Waals surface area contributed by atoms with Crippen molar-refractivity contribution in [2.75, 3.05) is 7.11 Å². The van der Waals surface area contributed by atoms with Gasteiger partial charge in [-0.1, -0.05) is 0 Å². The van der Waals surface area contributed by atoms with Crippen LogP contribution in [0.25, 0.3) is 16.2 Å². The summed E-state index contributed by atoms with van der Waals surface area (Å²) < 4.78 is 7.81. The number of aromatic nitrogens is 2. The van der Waals surface area contributed by atoms with E-state index >= 15 is 0 Å². The minimum absolute atomic E-state index is 0.558. The number of halogens is 1. The molecule has 3 aromatic rings. The van der Waals surface area contributed by atoms with E-state index in [-0.39, 0.29) is 0 Å². The van der Waals surface area contributed by atoms with E-state index in [2.05, 4.69) is 20.9 Å². The van der Waals surface area contributed by atoms with Crippen LogP contribution in [0, 0.1) is 0 Å². The van der Waals surface area contributed by atoms with E-state index in [0.717, 1.165) is 27.0 Å². The molecule has 3 rings (SSSR count). The maximum atomic E-state index is 11.3. The quantitative estimate of drug-likeness (QED) is 0.685. The molecular formula is C13H9BrN2O2S. The van der Waals surface area contributed by atoms with Gasteiger partial charge in [-0.2, -0.15) is 0 Å². The Labute approximate surface area is 121 Å². The number of ether oxygens (including phenoxy) is 1. The van der Waals surface area contributed by atoms with Crippen LogP contribution >= 0.6 is 27.3 Å². The number of rotatable bonds is 3. The molecule has 0 saturated carbocycles. The topological polar surface area (TPSA) is 43.6 Å². The molecule has 0 aliphatic carbocycles. The third-order valence-electron chi connectivity index (χ3n) is 2.84. The Bertz CT molecular complexity index is 763. The van der Waals surface area contributed by atoms with Gasteiger partial charge in [0.15, 0.2) is 11.2 Å². The zero-order valence-electron chi connectivity index (χ0n) is 9.96. The molecule has 0 N–H and O–H groups in total. The first-order chi connectivity index (χ1) is 9.24. The molecule has 0 spiro atoms. The molecule has 6 heteroatoms. The first-order valence-electron chi connectivity index (χ1n) is 5.49. The van der Waals surface area contributed by atoms with Gasteiger partial charge < -0.3 is 4.74 Å². The molecule has 1 aromatic carbocycles. The Hall–Kier alpha value is -1.66. The van der Waals surface area contributed by atoms with Crippen LogP contribution in [0.15, 0.2) is 34.2 Å². The molecule has 0 bridgehead atoms. The summed E-state index contributed by atoms with van der Waals surface area (Å²) in [7, 11) is 1.62. The van der Waals surface area contributed by atoms with Gasteiger partial charge in [-0.05, 0) is 34.1 Å². The van der Waals surface area contributed by atoms with Crippen molar-refractivity contribution < 1.29 is 9.53 Å². The van der Waals surface area contributed by atoms with Gasteiger partial charge in [-0.3, -0.25) is 9.20 Å². The Balaban J connectivity index is 2.23. The maximum absolute atomic E-state index is 11.3. The van der Waals surface area contributed by atoms with Crippen LogP contribution in [-0.4, -0.2) is 22.8 Å². The minimum atomic E-state index is 0.558. The van der Waals surface area contributed by atoms with Crippen molar-refractivity contribution in [1.82, 2.24) is 9.38 Å². The van der Waals surface area contributed by atoms with Gasteiger partial charge in [-0.15, -0.1) is 11.3 Å². The van der Waals surface area contributed by atoms with Crippen LogP contribution in [0.3, 0.4) is 0 Å². The number of nitrogens with zero attached hydrogens (tertiary/aromatic N) is 2. The SMILES string of the molecule is COc1ccc(-c2nc3sccn3c2C=O)c(Br)c1. The predicted molar refractivity (Wildman–Crippen MR) is 78.1 cm³/mol. The summed E-state index contributed by atoms with van der Waals surface area (Å²) in [6, 6.07) is 5.60. The first kappa shape index (κ1) is 12.4. The van der Waals surface area contributed by atoms with E-state index in [1.165, 1.54) is 11.3 Å². The fourth-order valence-corrected chi connectivity index (χ4v) is 3.20. The number of benzene rings is 1. The monoisotopic (exact) mass is 336 g/mol. The molecule has 0 fully saturated rings. The second kappa shape index (κ2) is 4.79. The Morgan fingerprint density at radius 3 is 3.00 bits per heavy atom. The highest BCUT2D eigenvalue weighted by atomic mass is 79.9. The number of aldehydes is 1. The Kier molecular flexibility index (Phi) is 3.12. The highest BCUT2D eigenvalue weighted by Gasteiger charge is 2.16. The van der Waals surface area contributed by atoms with Gasteiger partial charge in [0, 0.05) is 21.6 Å². The number of thiazole rings is 1. The minimum Gasteiger partial charge on any atom is -0.497 e. The first-order valence-corrected chi connectivity index (χ1v) is 7.16. The van der Waals surface area contributed by atoms with E-state index in [1.807, 2.05) is 29.8 Å². The van der Waals surface area contributed by atoms with Crippen LogP contribution in [0.2, 0.25) is 0 Å². The summed E-state index contributed by atoms with van der Waals surface area (Å²) in [6.07, 6.45) is 2.68. The average molecular weight is 337 g/mol. The second-order valence-corrected chi connectivity index (χ2v) is 5.59. The fourth-order valence-electron chi connectivity index (χ4n) is 1.93. The molecule has 0 radical (unpaired) electrons. The highest BCUT2D eigenvalue weighted by Crippen LogP contribution is 2.33. The standard InChI is InChI=1S/C13H9BrN2O2S/c1-18-8-2-3-9(10(14)6-8)12-11(7-17)16-4-5-19-13(16)15-12/h2-7H,1H3. The van der Waals surface area contributed by atoms with Gasteiger partial charge >= 0.3 is 0 Å². The number of carbonyl (C=O) groups is 1. The molecule has 0 aliphatic heterocycles. The normalized spacial score (nSPS) is 10.8. The lowest BCUT2D eigenvalue weighted by molar-refractivity contribution is 0.111. The van der Waals surface area contributed by atoms with Crippen molar-refractivity contribution in [2.45, 2.75) is 0 Å². The van der Waals surface area contributed by atoms with Crippen molar-refractivity contribution in [1.29, 1.82) is 0 Å². The van der Waals surface area contributed by atoms with E-state index in [0.29, 0.717) is 11.4 Å². The van der Waals surface area contributed by atoms with Crippen molar-refractivity contribution >= 4 is 38.5 Å². The van der Waals surface area contributed by atoms with Crippen LogP contribution < -0.4 is 4.74 Å². The average Bonchev–Trinajstić information content (AvgIpc) is 2.98. The lowest BCUT2D eigenvalue weighted by Gasteiger charge is -2.05. The molecule has 2 heterocycles. The largest absolute Gasteiger partial charge is 0.497 e. The summed E-state index contributed by atoms with van der Waals surface area (Å²) in [5.41, 5.74) is 2.11. The van der Waals surface area contributed by atoms with E-state index < -0.39 is 0 Å². The zero-order valence-corrected chi connectivity index (χ0v) is 12.4. The zero-order chi connectivity index (χ0) is 13.4. The van der Waals surface area contributed by atoms with Gasteiger partial charge in [0.05, 0.1) is 7.11 Å². The molecule has 0 atom stereocenters. The Morgan fingerprint density at radius 2 is 2.32 bits per heavy atom. The summed E-state index contributed by atoms with van der Waals surface area (Å²) in [5, 5.41) is 1.90. The molecule has 4 nitrogen and oxygen atoms in total. The van der Waals surface area contributed by atoms with Crippen molar-refractivity contribution in [3.05, 3.63) is 39.9 Å². The summed E-state index contributed by atoms with van der Waals surface area (Å²) in [4.78, 5) is 16.6. The van der Waals surface area contributed by atoms with Gasteiger partial charge in [0.2, 0.25) is 0 Å². The third kappa shape index (κ3) is 1.97. The highest BCUT2D eigenvalue weighted by molar-refractivity contribution is 9.10. The van der Waals surface area contributed by atoms with Crippen molar-refractivity contribution in [3.63, 3.8) is 0 Å². The number of fused-ring (bicyclic) bond motifs is 1. The van der Waals surface area contributed by atoms with E-state index in [4.69, 9.17) is 4.74 Å². The maximum Gasteiger partial charge on any atom is 0.194 e. The molecule has 0 saturated heterocycles. The number of hydrogen-bond acceptors (Lipinski definition) is 4. The van der Waals surface area contributed by atoms with Crippen LogP contribution in [0.5, 0.6) is 5.75 Å². The summed E-state index contributed by atoms with van der Waals surface area (Å²) in [5.74, 6) is 0.754. The summed E-state index contributed by atoms with van der Waals surface area (Å²) >= 11 is 4.99. The fraction of sp³-hybridized carbons (Fsp3) is 0.0769. The number of methoxy groups -OCH3 is 1. The number of hydrogen-bond donors (Lipinski definition) is 0. The van der Waals surface area contributed by atoms with Crippen LogP contribution in [0.1, 0.15) is 10.5 Å². The predicted octanol–water partition coefficient (Wildman–Crippen LogP) is 3.65. The lowest BCUT2D eigenvalue weighted by Crippen LogP contribution is -1.91. The van der Waals surface area contributed by atoms with Gasteiger partial charge in [0.25, 0.3) is 0 Å². The molecule has 96 valence electrons. The number of carbonyl (C=O) groups excluding carboxylic acids is 1. The Morgan fingerprint density at radius 1 is 1.47 bits per heavy atom. The molecule has 0 unspecified atom stereocenters. The van der Waals surface area contributed by atoms with E-state index in [1.54, 1.807) is 11.5 Å². The molecule has 19 heavy (non-hydrogen) atoms. The second-order valence-electron chi connectivity index (χ2n) is 3.86. The van der Waals surface area contributed by atoms with Crippen molar-refractivity contribution in [2.24, 2.45) is 0 Å². The molecule has 0 amide bonds. The van der Waals surface area contributed by atoms with E-state index in [9.17, 15) is 4.79 Å². The molecule has 2 aromatic heterocycles. The summed E-state index contributed by atoms with van der Waals surface area (Å²) in [6.45, 7) is 0. The number of imidazole rings is 1. The molecular weight excluding hydrogens is 328 g/mol. The smallest absolute Gasteiger partial charge is 0.194 e. The van der Waals surface area contributed by atoms with Crippen LogP contribution in [-0.2, 0) is 0 Å². The lowest BCUT2D eigenvalue weighted by atomic mass is 10.1. The van der Waals surface area contributed by atoms with Gasteiger partial charge in [0.1, 0.15) is 17.1 Å². The van der Waals surface area contributed by atoms with Crippen LogP contribution in [0.4, 0.5) is 0 Å². The van der Waals surface area contributed by atoms with Gasteiger partial charge in [-0.25, -0.2) is 4.98 Å².